The number of hydrogen-bond acceptors (Lipinski definition) is 0. The van der Waals surface area contributed by atoms with Gasteiger partial charge in [0.25, 0.3) is 0 Å². The van der Waals surface area contributed by atoms with Gasteiger partial charge < -0.3 is 18.3 Å². The first kappa shape index (κ1) is 45.1. The number of nitrogens with zero attached hydrogens (tertiary/aromatic N) is 4. The highest BCUT2D eigenvalue weighted by atomic mass is 15.1. The van der Waals surface area contributed by atoms with Crippen LogP contribution in [0, 0.1) is 41.5 Å². The Kier molecular flexibility index (Phi) is 10.0. The molecule has 4 heterocycles. The molecule has 0 fully saturated rings. The normalized spacial score (nSPS) is 12.0. The van der Waals surface area contributed by atoms with Crippen molar-refractivity contribution in [2.75, 3.05) is 0 Å². The molecule has 0 aliphatic carbocycles. The molecular weight excluding hydrogens is 932 g/mol. The zero-order valence-corrected chi connectivity index (χ0v) is 44.2. The van der Waals surface area contributed by atoms with Gasteiger partial charge in [0.1, 0.15) is 0 Å². The molecule has 4 nitrogen and oxygen atoms in total. The van der Waals surface area contributed by atoms with Gasteiger partial charge in [0.2, 0.25) is 6.71 Å². The summed E-state index contributed by atoms with van der Waals surface area (Å²) in [4.78, 5) is 0. The molecule has 11 aromatic carbocycles. The summed E-state index contributed by atoms with van der Waals surface area (Å²) in [6.07, 6.45) is 0. The van der Waals surface area contributed by atoms with Gasteiger partial charge in [0.05, 0.1) is 44.1 Å². The van der Waals surface area contributed by atoms with E-state index in [4.69, 9.17) is 0 Å². The fourth-order valence-corrected chi connectivity index (χ4v) is 14.0. The fraction of sp³-hybridized carbons (Fsp3) is 0.0833. The Hall–Kier alpha value is -9.32. The van der Waals surface area contributed by atoms with Crippen LogP contribution in [0.25, 0.3) is 110 Å². The molecule has 0 aliphatic rings. The smallest absolute Gasteiger partial charge is 0.242 e. The number of aromatic nitrogens is 4. The maximum Gasteiger partial charge on any atom is 0.242 e. The molecule has 0 saturated heterocycles. The van der Waals surface area contributed by atoms with Crippen LogP contribution in [0.3, 0.4) is 0 Å². The van der Waals surface area contributed by atoms with Gasteiger partial charge in [-0.3, -0.25) is 0 Å². The number of benzene rings is 11. The van der Waals surface area contributed by atoms with Gasteiger partial charge in [0, 0.05) is 65.8 Å². The van der Waals surface area contributed by atoms with Crippen LogP contribution in [0.4, 0.5) is 0 Å². The average molecular weight is 987 g/mol. The standard InChI is InChI=1S/C72H55BN4/c1-44-37-46(3)67(47(4)38-44)73(68-48(5)39-45(2)40-49(68)6)50-41-53(76-65-31-19-15-27-57(65)61-35-33-59-55-25-13-17-29-63(55)74(69(59)71(61)76)51-21-9-7-10-22-51)43-54(42-50)77-66-32-20-16-28-58(66)62-36-34-60-56-26-14-18-30-64(56)75(70(60)72(62)77)52-23-11-8-12-24-52/h7-43H,1-6H3. The Morgan fingerprint density at radius 1 is 0.247 bits per heavy atom. The number of fused-ring (bicyclic) bond motifs is 14. The van der Waals surface area contributed by atoms with E-state index in [9.17, 15) is 0 Å². The average Bonchev–Trinajstić information content (AvgIpc) is 4.39. The van der Waals surface area contributed by atoms with Gasteiger partial charge >= 0.3 is 0 Å². The molecule has 0 saturated carbocycles. The molecule has 0 N–H and O–H groups in total. The molecule has 0 radical (unpaired) electrons. The lowest BCUT2D eigenvalue weighted by Crippen LogP contribution is -2.56. The summed E-state index contributed by atoms with van der Waals surface area (Å²) in [5.41, 5.74) is 25.7. The molecule has 5 heteroatoms. The predicted octanol–water partition coefficient (Wildman–Crippen LogP) is 16.4. The van der Waals surface area contributed by atoms with E-state index in [1.165, 1.54) is 137 Å². The third-order valence-electron chi connectivity index (χ3n) is 16.8. The summed E-state index contributed by atoms with van der Waals surface area (Å²) in [7, 11) is 0. The van der Waals surface area contributed by atoms with E-state index < -0.39 is 0 Å². The van der Waals surface area contributed by atoms with Crippen LogP contribution in [0.15, 0.2) is 224 Å². The van der Waals surface area contributed by atoms with Crippen LogP contribution in [-0.4, -0.2) is 25.0 Å². The van der Waals surface area contributed by atoms with Gasteiger partial charge in [-0.05, 0) is 108 Å². The van der Waals surface area contributed by atoms with Crippen molar-refractivity contribution in [1.29, 1.82) is 0 Å². The number of hydrogen-bond donors (Lipinski definition) is 0. The Balaban J connectivity index is 1.16. The van der Waals surface area contributed by atoms with Crippen molar-refractivity contribution in [3.8, 4) is 22.7 Å². The van der Waals surface area contributed by atoms with Crippen molar-refractivity contribution in [2.24, 2.45) is 0 Å². The second-order valence-electron chi connectivity index (χ2n) is 21.6. The summed E-state index contributed by atoms with van der Waals surface area (Å²) in [5.74, 6) is 0. The third kappa shape index (κ3) is 6.66. The van der Waals surface area contributed by atoms with Crippen molar-refractivity contribution in [1.82, 2.24) is 18.3 Å². The van der Waals surface area contributed by atoms with Gasteiger partial charge in [0.15, 0.2) is 0 Å². The second-order valence-corrected chi connectivity index (χ2v) is 21.6. The van der Waals surface area contributed by atoms with Crippen LogP contribution >= 0.6 is 0 Å². The molecular formula is C72H55BN4. The summed E-state index contributed by atoms with van der Waals surface area (Å²) < 4.78 is 10.2. The summed E-state index contributed by atoms with van der Waals surface area (Å²) in [6.45, 7) is 13.7. The van der Waals surface area contributed by atoms with Gasteiger partial charge in [-0.25, -0.2) is 0 Å². The molecule has 366 valence electrons. The van der Waals surface area contributed by atoms with E-state index >= 15 is 0 Å². The minimum Gasteiger partial charge on any atom is -0.307 e. The SMILES string of the molecule is Cc1cc(C)c(B(c2cc(-n3c4ccccc4c4ccc5c6ccccc6n(-c6ccccc6)c5c43)cc(-n3c4ccccc4c4ccc5c6ccccc6n(-c6ccccc6)c5c43)c2)c2c(C)cc(C)cc2C)c(C)c1. The molecule has 0 spiro atoms. The second kappa shape index (κ2) is 17.1. The molecule has 0 bridgehead atoms. The van der Waals surface area contributed by atoms with Crippen LogP contribution in [0.2, 0.25) is 0 Å². The van der Waals surface area contributed by atoms with E-state index in [-0.39, 0.29) is 6.71 Å². The van der Waals surface area contributed by atoms with Gasteiger partial charge in [-0.2, -0.15) is 0 Å². The van der Waals surface area contributed by atoms with E-state index in [2.05, 4.69) is 284 Å². The lowest BCUT2D eigenvalue weighted by atomic mass is 9.34. The Labute approximate surface area is 448 Å². The highest BCUT2D eigenvalue weighted by Gasteiger charge is 2.31. The lowest BCUT2D eigenvalue weighted by Gasteiger charge is -2.26. The van der Waals surface area contributed by atoms with E-state index in [0.717, 1.165) is 22.7 Å². The van der Waals surface area contributed by atoms with Gasteiger partial charge in [-0.1, -0.05) is 207 Å². The Morgan fingerprint density at radius 3 is 0.831 bits per heavy atom. The zero-order chi connectivity index (χ0) is 51.8. The minimum atomic E-state index is -0.0948. The van der Waals surface area contributed by atoms with Crippen molar-refractivity contribution in [2.45, 2.75) is 41.5 Å². The predicted molar refractivity (Wildman–Crippen MR) is 330 cm³/mol. The first-order valence-electron chi connectivity index (χ1n) is 27.0. The molecule has 77 heavy (non-hydrogen) atoms. The molecule has 0 unspecified atom stereocenters. The maximum absolute atomic E-state index is 2.60. The quantitative estimate of drug-likeness (QED) is 0.142. The lowest BCUT2D eigenvalue weighted by molar-refractivity contribution is 1.12. The minimum absolute atomic E-state index is 0.0948. The summed E-state index contributed by atoms with van der Waals surface area (Å²) >= 11 is 0. The number of para-hydroxylation sites is 6. The summed E-state index contributed by atoms with van der Waals surface area (Å²) in [6, 6.07) is 84.3. The van der Waals surface area contributed by atoms with Crippen molar-refractivity contribution in [3.63, 3.8) is 0 Å². The summed E-state index contributed by atoms with van der Waals surface area (Å²) in [5, 5.41) is 9.81. The van der Waals surface area contributed by atoms with Crippen molar-refractivity contribution < 1.29 is 0 Å². The molecule has 0 aliphatic heterocycles. The van der Waals surface area contributed by atoms with Gasteiger partial charge in [-0.15, -0.1) is 0 Å². The van der Waals surface area contributed by atoms with Crippen LogP contribution < -0.4 is 16.4 Å². The first-order chi connectivity index (χ1) is 37.7. The molecule has 0 atom stereocenters. The molecule has 15 rings (SSSR count). The van der Waals surface area contributed by atoms with Crippen LogP contribution in [0.1, 0.15) is 33.4 Å². The van der Waals surface area contributed by atoms with Crippen LogP contribution in [0.5, 0.6) is 0 Å². The topological polar surface area (TPSA) is 19.7 Å². The maximum atomic E-state index is 2.60. The van der Waals surface area contributed by atoms with Crippen molar-refractivity contribution >= 4 is 110 Å². The largest absolute Gasteiger partial charge is 0.307 e. The highest BCUT2D eigenvalue weighted by molar-refractivity contribution is 6.96. The highest BCUT2D eigenvalue weighted by Crippen LogP contribution is 2.44. The zero-order valence-electron chi connectivity index (χ0n) is 44.2. The number of rotatable bonds is 7. The third-order valence-corrected chi connectivity index (χ3v) is 16.8. The fourth-order valence-electron chi connectivity index (χ4n) is 14.0. The Morgan fingerprint density at radius 2 is 0.519 bits per heavy atom. The number of aryl methyl sites for hydroxylation is 6. The van der Waals surface area contributed by atoms with Crippen molar-refractivity contribution in [3.05, 3.63) is 258 Å². The first-order valence-corrected chi connectivity index (χ1v) is 27.0. The van der Waals surface area contributed by atoms with Crippen LogP contribution in [-0.2, 0) is 0 Å². The molecule has 4 aromatic heterocycles. The molecule has 0 amide bonds. The Bertz CT molecular complexity index is 4580. The molecule has 15 aromatic rings. The van der Waals surface area contributed by atoms with E-state index in [0.29, 0.717) is 0 Å². The van der Waals surface area contributed by atoms with E-state index in [1.807, 2.05) is 0 Å². The monoisotopic (exact) mass is 986 g/mol. The van der Waals surface area contributed by atoms with E-state index in [1.54, 1.807) is 0 Å².